The van der Waals surface area contributed by atoms with Crippen LogP contribution in [0, 0.1) is 0 Å². The van der Waals surface area contributed by atoms with Gasteiger partial charge in [0.25, 0.3) is 0 Å². The fraction of sp³-hybridized carbons (Fsp3) is 0.529. The summed E-state index contributed by atoms with van der Waals surface area (Å²) in [5, 5.41) is 5.79. The number of esters is 2. The van der Waals surface area contributed by atoms with Gasteiger partial charge in [0, 0.05) is 38.8 Å². The minimum Gasteiger partial charge on any atom is -0.466 e. The number of carbonyl (C=O) groups is 4. The van der Waals surface area contributed by atoms with Crippen molar-refractivity contribution in [2.24, 2.45) is 0 Å². The van der Waals surface area contributed by atoms with Crippen molar-refractivity contribution in [1.82, 2.24) is 10.6 Å². The Morgan fingerprint density at radius 2 is 0.881 bits per heavy atom. The second-order valence-electron chi connectivity index (χ2n) is 10.4. The average Bonchev–Trinajstić information content (AvgIpc) is 3.00. The Kier molecular flexibility index (Phi) is 18.9. The molecule has 0 spiro atoms. The van der Waals surface area contributed by atoms with E-state index in [-0.39, 0.29) is 36.6 Å². The fourth-order valence-electron chi connectivity index (χ4n) is 4.38. The van der Waals surface area contributed by atoms with Crippen LogP contribution in [0.3, 0.4) is 0 Å². The molecule has 0 aromatic heterocycles. The predicted octanol–water partition coefficient (Wildman–Crippen LogP) is 5.47. The molecule has 2 N–H and O–H groups in total. The third-order valence-electron chi connectivity index (χ3n) is 6.75. The van der Waals surface area contributed by atoms with Gasteiger partial charge in [-0.2, -0.15) is 0 Å². The van der Waals surface area contributed by atoms with Crippen LogP contribution >= 0.6 is 0 Å². The predicted molar refractivity (Wildman–Crippen MR) is 164 cm³/mol. The second-order valence-corrected chi connectivity index (χ2v) is 10.4. The quantitative estimate of drug-likeness (QED) is 0.133. The smallest absolute Gasteiger partial charge is 0.305 e. The number of benzene rings is 2. The lowest BCUT2D eigenvalue weighted by molar-refractivity contribution is -0.145. The van der Waals surface area contributed by atoms with Gasteiger partial charge in [-0.15, -0.1) is 0 Å². The standard InChI is InChI=1S/C34H48N2O6/c37-31(21-11-23-33(39)41-27-13-19-29-15-5-3-6-16-29)35-25-9-1-2-10-26-36-32(38)22-12-24-34(40)42-28-14-20-30-17-7-4-8-18-30/h3-8,15-18H,1-2,9-14,19-28H2,(H,35,37)(H,36,38). The maximum atomic E-state index is 12.0. The van der Waals surface area contributed by atoms with Gasteiger partial charge in [0.15, 0.2) is 0 Å². The van der Waals surface area contributed by atoms with Gasteiger partial charge in [-0.1, -0.05) is 73.5 Å². The highest BCUT2D eigenvalue weighted by Crippen LogP contribution is 2.06. The molecule has 0 radical (unpaired) electrons. The summed E-state index contributed by atoms with van der Waals surface area (Å²) in [4.78, 5) is 47.6. The maximum absolute atomic E-state index is 12.0. The van der Waals surface area contributed by atoms with Crippen molar-refractivity contribution in [3.05, 3.63) is 71.8 Å². The van der Waals surface area contributed by atoms with E-state index in [4.69, 9.17) is 9.47 Å². The molecule has 0 atom stereocenters. The van der Waals surface area contributed by atoms with Crippen LogP contribution in [0.2, 0.25) is 0 Å². The molecule has 8 heteroatoms. The summed E-state index contributed by atoms with van der Waals surface area (Å²) < 4.78 is 10.5. The lowest BCUT2D eigenvalue weighted by Crippen LogP contribution is -2.25. The normalized spacial score (nSPS) is 10.6. The SMILES string of the molecule is O=C(CCCC(=O)OCCCc1ccccc1)NCCCCCCNC(=O)CCCC(=O)OCCCc1ccccc1. The minimum absolute atomic E-state index is 0.0461. The van der Waals surface area contributed by atoms with Crippen molar-refractivity contribution in [3.8, 4) is 0 Å². The van der Waals surface area contributed by atoms with E-state index in [2.05, 4.69) is 34.9 Å². The van der Waals surface area contributed by atoms with E-state index in [1.807, 2.05) is 36.4 Å². The molecule has 42 heavy (non-hydrogen) atoms. The molecule has 2 rings (SSSR count). The second kappa shape index (κ2) is 22.9. The molecule has 0 fully saturated rings. The van der Waals surface area contributed by atoms with Gasteiger partial charge in [0.05, 0.1) is 13.2 Å². The molecule has 2 amide bonds. The van der Waals surface area contributed by atoms with Crippen LogP contribution in [0.4, 0.5) is 0 Å². The molecule has 0 bridgehead atoms. The third-order valence-corrected chi connectivity index (χ3v) is 6.75. The van der Waals surface area contributed by atoms with Crippen LogP contribution in [0.25, 0.3) is 0 Å². The van der Waals surface area contributed by atoms with E-state index in [0.29, 0.717) is 52.0 Å². The number of nitrogens with one attached hydrogen (secondary N) is 2. The summed E-state index contributed by atoms with van der Waals surface area (Å²) in [6.07, 6.45) is 9.10. The Morgan fingerprint density at radius 3 is 1.29 bits per heavy atom. The number of rotatable bonds is 23. The number of unbranched alkanes of at least 4 members (excludes halogenated alkanes) is 3. The molecule has 2 aromatic carbocycles. The first-order chi connectivity index (χ1) is 20.5. The monoisotopic (exact) mass is 580 g/mol. The third kappa shape index (κ3) is 18.6. The van der Waals surface area contributed by atoms with Gasteiger partial charge in [-0.25, -0.2) is 0 Å². The average molecular weight is 581 g/mol. The lowest BCUT2D eigenvalue weighted by Gasteiger charge is -2.07. The molecule has 0 aliphatic heterocycles. The Hall–Kier alpha value is -3.68. The Labute approximate surface area is 250 Å². The molecule has 0 aliphatic rings. The number of hydrogen-bond acceptors (Lipinski definition) is 6. The Balaban J connectivity index is 1.31. The number of carbonyl (C=O) groups excluding carboxylic acids is 4. The molecule has 0 heterocycles. The van der Waals surface area contributed by atoms with Crippen molar-refractivity contribution in [2.75, 3.05) is 26.3 Å². The first kappa shape index (κ1) is 34.5. The first-order valence-electron chi connectivity index (χ1n) is 15.5. The van der Waals surface area contributed by atoms with Crippen molar-refractivity contribution in [2.45, 2.75) is 89.9 Å². The number of amides is 2. The molecular weight excluding hydrogens is 532 g/mol. The number of aryl methyl sites for hydroxylation is 2. The summed E-state index contributed by atoms with van der Waals surface area (Å²) in [7, 11) is 0. The van der Waals surface area contributed by atoms with Crippen LogP contribution in [0.15, 0.2) is 60.7 Å². The molecular formula is C34H48N2O6. The summed E-state index contributed by atoms with van der Waals surface area (Å²) in [6.45, 7) is 2.02. The van der Waals surface area contributed by atoms with Gasteiger partial charge in [-0.3, -0.25) is 19.2 Å². The first-order valence-corrected chi connectivity index (χ1v) is 15.5. The van der Waals surface area contributed by atoms with Gasteiger partial charge in [0.2, 0.25) is 11.8 Å². The van der Waals surface area contributed by atoms with Crippen LogP contribution < -0.4 is 10.6 Å². The molecule has 0 aliphatic carbocycles. The number of ether oxygens (including phenoxy) is 2. The summed E-state index contributed by atoms with van der Waals surface area (Å²) in [5.74, 6) is -0.600. The van der Waals surface area contributed by atoms with E-state index < -0.39 is 0 Å². The highest BCUT2D eigenvalue weighted by molar-refractivity contribution is 5.77. The van der Waals surface area contributed by atoms with Crippen LogP contribution in [-0.4, -0.2) is 50.1 Å². The molecule has 230 valence electrons. The van der Waals surface area contributed by atoms with Gasteiger partial charge >= 0.3 is 11.9 Å². The summed E-state index contributed by atoms with van der Waals surface area (Å²) in [5.41, 5.74) is 2.45. The zero-order valence-corrected chi connectivity index (χ0v) is 25.0. The van der Waals surface area contributed by atoms with Crippen molar-refractivity contribution < 1.29 is 28.7 Å². The molecule has 8 nitrogen and oxygen atoms in total. The highest BCUT2D eigenvalue weighted by Gasteiger charge is 2.08. The molecule has 0 unspecified atom stereocenters. The van der Waals surface area contributed by atoms with Gasteiger partial charge < -0.3 is 20.1 Å². The lowest BCUT2D eigenvalue weighted by atomic mass is 10.1. The van der Waals surface area contributed by atoms with E-state index >= 15 is 0 Å². The summed E-state index contributed by atoms with van der Waals surface area (Å²) >= 11 is 0. The largest absolute Gasteiger partial charge is 0.466 e. The minimum atomic E-state index is -0.254. The van der Waals surface area contributed by atoms with Gasteiger partial charge in [-0.05, 0) is 62.5 Å². The topological polar surface area (TPSA) is 111 Å². The van der Waals surface area contributed by atoms with Crippen molar-refractivity contribution in [3.63, 3.8) is 0 Å². The molecule has 2 aromatic rings. The van der Waals surface area contributed by atoms with Crippen molar-refractivity contribution in [1.29, 1.82) is 0 Å². The fourth-order valence-corrected chi connectivity index (χ4v) is 4.38. The zero-order chi connectivity index (χ0) is 30.1. The van der Waals surface area contributed by atoms with Crippen molar-refractivity contribution >= 4 is 23.8 Å². The van der Waals surface area contributed by atoms with Crippen LogP contribution in [0.1, 0.15) is 88.2 Å². The highest BCUT2D eigenvalue weighted by atomic mass is 16.5. The van der Waals surface area contributed by atoms with E-state index in [9.17, 15) is 19.2 Å². The van der Waals surface area contributed by atoms with Crippen LogP contribution in [0.5, 0.6) is 0 Å². The number of hydrogen-bond donors (Lipinski definition) is 2. The van der Waals surface area contributed by atoms with E-state index in [1.54, 1.807) is 0 Å². The maximum Gasteiger partial charge on any atom is 0.305 e. The van der Waals surface area contributed by atoms with E-state index in [0.717, 1.165) is 51.4 Å². The van der Waals surface area contributed by atoms with Gasteiger partial charge in [0.1, 0.15) is 0 Å². The summed E-state index contributed by atoms with van der Waals surface area (Å²) in [6, 6.07) is 20.2. The van der Waals surface area contributed by atoms with E-state index in [1.165, 1.54) is 11.1 Å². The molecule has 0 saturated heterocycles. The molecule has 0 saturated carbocycles. The zero-order valence-electron chi connectivity index (χ0n) is 25.0. The Bertz CT molecular complexity index is 945. The van der Waals surface area contributed by atoms with Crippen LogP contribution in [-0.2, 0) is 41.5 Å². The Morgan fingerprint density at radius 1 is 0.476 bits per heavy atom.